The number of rotatable bonds is 5. The number of nitrogens with zero attached hydrogens (tertiary/aromatic N) is 4. The fourth-order valence-electron chi connectivity index (χ4n) is 3.78. The van der Waals surface area contributed by atoms with Crippen molar-refractivity contribution in [2.24, 2.45) is 5.73 Å². The van der Waals surface area contributed by atoms with E-state index in [9.17, 15) is 4.79 Å². The highest BCUT2D eigenvalue weighted by atomic mass is 16.5. The van der Waals surface area contributed by atoms with Crippen molar-refractivity contribution in [1.29, 1.82) is 5.26 Å². The van der Waals surface area contributed by atoms with Crippen molar-refractivity contribution in [3.63, 3.8) is 0 Å². The average Bonchev–Trinajstić information content (AvgIpc) is 2.81. The molecule has 31 heavy (non-hydrogen) atoms. The zero-order valence-corrected chi connectivity index (χ0v) is 17.5. The summed E-state index contributed by atoms with van der Waals surface area (Å²) < 4.78 is 7.01. The molecule has 0 atom stereocenters. The highest BCUT2D eigenvalue weighted by Crippen LogP contribution is 2.22. The Kier molecular flexibility index (Phi) is 6.01. The molecule has 1 fully saturated rings. The highest BCUT2D eigenvalue weighted by molar-refractivity contribution is 5.61. The molecule has 2 aromatic carbocycles. The quantitative estimate of drug-likeness (QED) is 0.688. The Hall–Kier alpha value is -3.63. The number of nitriles is 1. The molecule has 7 nitrogen and oxygen atoms in total. The number of benzene rings is 2. The van der Waals surface area contributed by atoms with Gasteiger partial charge in [0.05, 0.1) is 31.0 Å². The van der Waals surface area contributed by atoms with Gasteiger partial charge in [-0.15, -0.1) is 0 Å². The molecular formula is C24H25N5O2. The molecule has 0 radical (unpaired) electrons. The van der Waals surface area contributed by atoms with Crippen LogP contribution in [0.5, 0.6) is 5.75 Å². The normalized spacial score (nSPS) is 14.3. The molecule has 0 saturated carbocycles. The van der Waals surface area contributed by atoms with Gasteiger partial charge in [-0.3, -0.25) is 4.79 Å². The van der Waals surface area contributed by atoms with Crippen molar-refractivity contribution >= 4 is 5.82 Å². The zero-order chi connectivity index (χ0) is 21.8. The summed E-state index contributed by atoms with van der Waals surface area (Å²) in [5, 5.41) is 9.08. The number of piperidine rings is 1. The van der Waals surface area contributed by atoms with E-state index in [1.807, 2.05) is 41.3 Å². The van der Waals surface area contributed by atoms with Gasteiger partial charge in [-0.1, -0.05) is 24.3 Å². The minimum atomic E-state index is -0.129. The summed E-state index contributed by atoms with van der Waals surface area (Å²) >= 11 is 0. The van der Waals surface area contributed by atoms with Crippen molar-refractivity contribution < 1.29 is 4.74 Å². The second-order valence-electron chi connectivity index (χ2n) is 7.75. The first kappa shape index (κ1) is 20.6. The number of hydrogen-bond donors (Lipinski definition) is 1. The van der Waals surface area contributed by atoms with E-state index < -0.39 is 0 Å². The predicted octanol–water partition coefficient (Wildman–Crippen LogP) is 2.77. The molecule has 0 bridgehead atoms. The van der Waals surface area contributed by atoms with Crippen LogP contribution in [0.4, 0.5) is 5.82 Å². The minimum absolute atomic E-state index is 0.129. The maximum absolute atomic E-state index is 13.3. The van der Waals surface area contributed by atoms with Gasteiger partial charge in [-0.2, -0.15) is 5.26 Å². The summed E-state index contributed by atoms with van der Waals surface area (Å²) in [5.41, 5.74) is 9.01. The summed E-state index contributed by atoms with van der Waals surface area (Å²) in [6.45, 7) is 1.82. The molecule has 0 amide bonds. The van der Waals surface area contributed by atoms with Crippen molar-refractivity contribution in [3.8, 4) is 23.1 Å². The molecule has 1 aliphatic rings. The van der Waals surface area contributed by atoms with Crippen molar-refractivity contribution in [3.05, 3.63) is 76.2 Å². The third-order valence-corrected chi connectivity index (χ3v) is 5.59. The van der Waals surface area contributed by atoms with Crippen LogP contribution < -0.4 is 20.9 Å². The Balaban J connectivity index is 1.77. The average molecular weight is 415 g/mol. The van der Waals surface area contributed by atoms with Crippen LogP contribution in [-0.2, 0) is 6.54 Å². The number of methoxy groups -OCH3 is 1. The molecule has 3 aromatic rings. The van der Waals surface area contributed by atoms with E-state index in [-0.39, 0.29) is 11.6 Å². The Morgan fingerprint density at radius 1 is 1.19 bits per heavy atom. The zero-order valence-electron chi connectivity index (χ0n) is 17.5. The molecular weight excluding hydrogens is 390 g/mol. The lowest BCUT2D eigenvalue weighted by molar-refractivity contribution is 0.414. The van der Waals surface area contributed by atoms with E-state index in [2.05, 4.69) is 6.07 Å². The summed E-state index contributed by atoms with van der Waals surface area (Å²) in [5.74, 6) is 1.19. The molecule has 158 valence electrons. The van der Waals surface area contributed by atoms with Gasteiger partial charge in [0.1, 0.15) is 5.75 Å². The molecule has 2 heterocycles. The molecule has 0 aliphatic carbocycles. The second-order valence-corrected chi connectivity index (χ2v) is 7.75. The molecule has 4 rings (SSSR count). The lowest BCUT2D eigenvalue weighted by Gasteiger charge is -2.31. The summed E-state index contributed by atoms with van der Waals surface area (Å²) in [7, 11) is 1.62. The third-order valence-electron chi connectivity index (χ3n) is 5.59. The van der Waals surface area contributed by atoms with E-state index in [1.165, 1.54) is 0 Å². The molecule has 1 aromatic heterocycles. The maximum Gasteiger partial charge on any atom is 0.293 e. The van der Waals surface area contributed by atoms with Gasteiger partial charge in [0.15, 0.2) is 5.82 Å². The fraction of sp³-hybridized carbons (Fsp3) is 0.292. The van der Waals surface area contributed by atoms with Gasteiger partial charge in [0, 0.05) is 30.9 Å². The molecule has 7 heteroatoms. The Labute approximate surface area is 181 Å². The first-order valence-corrected chi connectivity index (χ1v) is 10.3. The topological polar surface area (TPSA) is 97.2 Å². The minimum Gasteiger partial charge on any atom is -0.497 e. The van der Waals surface area contributed by atoms with E-state index in [4.69, 9.17) is 20.7 Å². The highest BCUT2D eigenvalue weighted by Gasteiger charge is 2.22. The van der Waals surface area contributed by atoms with Crippen molar-refractivity contribution in [2.75, 3.05) is 25.1 Å². The maximum atomic E-state index is 13.3. The Morgan fingerprint density at radius 2 is 1.94 bits per heavy atom. The largest absolute Gasteiger partial charge is 0.497 e. The van der Waals surface area contributed by atoms with Crippen LogP contribution in [0, 0.1) is 11.3 Å². The van der Waals surface area contributed by atoms with E-state index in [1.54, 1.807) is 30.0 Å². The Bertz CT molecular complexity index is 1160. The summed E-state index contributed by atoms with van der Waals surface area (Å²) in [6, 6.07) is 17.2. The number of anilines is 1. The number of nitrogens with two attached hydrogens (primary N) is 1. The van der Waals surface area contributed by atoms with Gasteiger partial charge >= 0.3 is 0 Å². The van der Waals surface area contributed by atoms with Crippen LogP contribution in [-0.4, -0.2) is 35.8 Å². The lowest BCUT2D eigenvalue weighted by Crippen LogP contribution is -2.43. The standard InChI is InChI=1S/C24H25N5O2/c1-31-21-4-2-3-18(13-21)15-29-16-22(19-7-5-17(14-25)6-8-19)27-23(24(29)30)28-11-9-20(26)10-12-28/h2-8,13,16,20H,9-12,15,26H2,1H3. The van der Waals surface area contributed by atoms with Gasteiger partial charge in [-0.05, 0) is 42.7 Å². The molecule has 0 spiro atoms. The number of hydrogen-bond acceptors (Lipinski definition) is 6. The number of aromatic nitrogens is 2. The molecule has 1 saturated heterocycles. The predicted molar refractivity (Wildman–Crippen MR) is 120 cm³/mol. The SMILES string of the molecule is COc1cccc(Cn2cc(-c3ccc(C#N)cc3)nc(N3CCC(N)CC3)c2=O)c1. The smallest absolute Gasteiger partial charge is 0.293 e. The van der Waals surface area contributed by atoms with Crippen molar-refractivity contribution in [2.45, 2.75) is 25.4 Å². The molecule has 2 N–H and O–H groups in total. The van der Waals surface area contributed by atoms with Crippen LogP contribution in [0.15, 0.2) is 59.5 Å². The van der Waals surface area contributed by atoms with Crippen molar-refractivity contribution in [1.82, 2.24) is 9.55 Å². The molecule has 0 unspecified atom stereocenters. The van der Waals surface area contributed by atoms with Crippen LogP contribution in [0.25, 0.3) is 11.3 Å². The van der Waals surface area contributed by atoms with Gasteiger partial charge < -0.3 is 19.9 Å². The summed E-state index contributed by atoms with van der Waals surface area (Å²) in [4.78, 5) is 20.1. The monoisotopic (exact) mass is 415 g/mol. The number of ether oxygens (including phenoxy) is 1. The Morgan fingerprint density at radius 3 is 2.61 bits per heavy atom. The van der Waals surface area contributed by atoms with E-state index >= 15 is 0 Å². The van der Waals surface area contributed by atoms with Gasteiger partial charge in [0.25, 0.3) is 5.56 Å². The van der Waals surface area contributed by atoms with Crippen LogP contribution >= 0.6 is 0 Å². The van der Waals surface area contributed by atoms with E-state index in [0.717, 1.165) is 29.7 Å². The third kappa shape index (κ3) is 4.60. The molecule has 1 aliphatic heterocycles. The summed E-state index contributed by atoms with van der Waals surface area (Å²) in [6.07, 6.45) is 3.44. The van der Waals surface area contributed by atoms with Crippen LogP contribution in [0.2, 0.25) is 0 Å². The van der Waals surface area contributed by atoms with Gasteiger partial charge in [0.2, 0.25) is 0 Å². The van der Waals surface area contributed by atoms with Gasteiger partial charge in [-0.25, -0.2) is 4.98 Å². The van der Waals surface area contributed by atoms with Crippen LogP contribution in [0.1, 0.15) is 24.0 Å². The fourth-order valence-corrected chi connectivity index (χ4v) is 3.78. The lowest BCUT2D eigenvalue weighted by atomic mass is 10.1. The van der Waals surface area contributed by atoms with E-state index in [0.29, 0.717) is 36.7 Å². The first-order chi connectivity index (χ1) is 15.1. The first-order valence-electron chi connectivity index (χ1n) is 10.3. The van der Waals surface area contributed by atoms with Crippen LogP contribution in [0.3, 0.4) is 0 Å². The second kappa shape index (κ2) is 9.02.